The second kappa shape index (κ2) is 9.17. The molecule has 0 radical (unpaired) electrons. The summed E-state index contributed by atoms with van der Waals surface area (Å²) in [5.41, 5.74) is -1.15. The van der Waals surface area contributed by atoms with E-state index in [1.165, 1.54) is 30.3 Å². The van der Waals surface area contributed by atoms with Crippen molar-refractivity contribution in [2.45, 2.75) is 18.2 Å². The number of carboxylic acids is 1. The molecule has 7 nitrogen and oxygen atoms in total. The lowest BCUT2D eigenvalue weighted by atomic mass is 9.75. The topological polar surface area (TPSA) is 110 Å². The van der Waals surface area contributed by atoms with Crippen LogP contribution in [0.5, 0.6) is 0 Å². The Morgan fingerprint density at radius 3 is 2.08 bits per heavy atom. The van der Waals surface area contributed by atoms with Gasteiger partial charge in [0, 0.05) is 17.7 Å². The number of hydrogen-bond acceptors (Lipinski definition) is 5. The van der Waals surface area contributed by atoms with Gasteiger partial charge in [-0.1, -0.05) is 83.9 Å². The average molecular weight is 524 g/mol. The normalized spacial score (nSPS) is 22.0. The van der Waals surface area contributed by atoms with Crippen LogP contribution >= 0.6 is 23.2 Å². The Morgan fingerprint density at radius 2 is 1.50 bits per heavy atom. The quantitative estimate of drug-likeness (QED) is 0.476. The molecule has 3 aromatic rings. The molecule has 1 fully saturated rings. The Morgan fingerprint density at radius 1 is 0.889 bits per heavy atom. The maximum Gasteiger partial charge on any atom is 0.311 e. The van der Waals surface area contributed by atoms with E-state index in [0.29, 0.717) is 5.56 Å². The van der Waals surface area contributed by atoms with Gasteiger partial charge in [-0.25, -0.2) is 0 Å². The minimum atomic E-state index is -2.39. The van der Waals surface area contributed by atoms with Crippen molar-refractivity contribution in [2.75, 3.05) is 0 Å². The van der Waals surface area contributed by atoms with Crippen LogP contribution in [-0.2, 0) is 20.9 Å². The van der Waals surface area contributed by atoms with Gasteiger partial charge in [-0.05, 0) is 23.3 Å². The highest BCUT2D eigenvalue weighted by Gasteiger charge is 2.71. The molecule has 1 spiro atoms. The molecule has 1 amide bonds. The minimum absolute atomic E-state index is 0.0620. The molecular formula is C27H19Cl2NO6. The van der Waals surface area contributed by atoms with Crippen molar-refractivity contribution in [1.29, 1.82) is 0 Å². The number of Topliss-reactive ketones (excluding diaryl/α,β-unsaturated/α-hetero) is 2. The van der Waals surface area contributed by atoms with Crippen molar-refractivity contribution in [1.82, 2.24) is 5.32 Å². The standard InChI is InChI=1S/C27H19Cl2NO6/c28-18-11-10-15(12-19(18)29)22-20(25(33)30-13-14-6-2-1-3-7-14)21(26(34)35)27(36-22)23(31)16-8-4-5-9-17(16)24(27)32/h1-12,20-22H,13H2,(H,30,33)(H,34,35)/t20-,21-,22-/m0/s1. The summed E-state index contributed by atoms with van der Waals surface area (Å²) in [5.74, 6) is -6.91. The summed E-state index contributed by atoms with van der Waals surface area (Å²) in [4.78, 5) is 53.4. The van der Waals surface area contributed by atoms with E-state index in [0.717, 1.165) is 5.56 Å². The molecule has 1 saturated heterocycles. The number of ketones is 2. The van der Waals surface area contributed by atoms with Crippen LogP contribution < -0.4 is 5.32 Å². The van der Waals surface area contributed by atoms with Crippen molar-refractivity contribution in [2.24, 2.45) is 11.8 Å². The van der Waals surface area contributed by atoms with E-state index in [9.17, 15) is 24.3 Å². The first kappa shape index (κ1) is 24.2. The van der Waals surface area contributed by atoms with Gasteiger partial charge in [-0.2, -0.15) is 0 Å². The molecule has 1 aliphatic carbocycles. The van der Waals surface area contributed by atoms with Crippen molar-refractivity contribution in [3.8, 4) is 0 Å². The van der Waals surface area contributed by atoms with Gasteiger partial charge in [-0.15, -0.1) is 0 Å². The fraction of sp³-hybridized carbons (Fsp3) is 0.185. The maximum atomic E-state index is 13.6. The number of benzene rings is 3. The van der Waals surface area contributed by atoms with Gasteiger partial charge >= 0.3 is 5.97 Å². The number of halogens is 2. The van der Waals surface area contributed by atoms with Gasteiger partial charge in [0.15, 0.2) is 0 Å². The van der Waals surface area contributed by atoms with E-state index < -0.39 is 47.0 Å². The van der Waals surface area contributed by atoms with Crippen LogP contribution in [0.2, 0.25) is 10.0 Å². The molecule has 9 heteroatoms. The first-order valence-corrected chi connectivity index (χ1v) is 11.9. The third-order valence-electron chi connectivity index (χ3n) is 6.68. The summed E-state index contributed by atoms with van der Waals surface area (Å²) >= 11 is 12.3. The second-order valence-corrected chi connectivity index (χ2v) is 9.51. The molecule has 0 bridgehead atoms. The average Bonchev–Trinajstić information content (AvgIpc) is 3.35. The van der Waals surface area contributed by atoms with E-state index >= 15 is 0 Å². The highest BCUT2D eigenvalue weighted by Crippen LogP contribution is 2.54. The molecule has 0 aromatic heterocycles. The van der Waals surface area contributed by atoms with E-state index in [-0.39, 0.29) is 27.7 Å². The predicted octanol–water partition coefficient (Wildman–Crippen LogP) is 4.52. The van der Waals surface area contributed by atoms with Gasteiger partial charge in [0.25, 0.3) is 0 Å². The summed E-state index contributed by atoms with van der Waals surface area (Å²) in [7, 11) is 0. The zero-order chi connectivity index (χ0) is 25.6. The fourth-order valence-corrected chi connectivity index (χ4v) is 5.34. The molecule has 3 aromatic carbocycles. The largest absolute Gasteiger partial charge is 0.481 e. The lowest BCUT2D eigenvalue weighted by Gasteiger charge is -2.25. The van der Waals surface area contributed by atoms with Crippen LogP contribution in [0.15, 0.2) is 72.8 Å². The molecular weight excluding hydrogens is 505 g/mol. The molecule has 2 N–H and O–H groups in total. The molecule has 36 heavy (non-hydrogen) atoms. The number of ether oxygens (including phenoxy) is 1. The fourth-order valence-electron chi connectivity index (χ4n) is 5.03. The number of nitrogens with one attached hydrogen (secondary N) is 1. The Bertz CT molecular complexity index is 1370. The number of carboxylic acid groups (broad SMARTS) is 1. The van der Waals surface area contributed by atoms with Gasteiger partial charge in [0.2, 0.25) is 23.1 Å². The molecule has 5 rings (SSSR count). The first-order valence-electron chi connectivity index (χ1n) is 11.1. The number of fused-ring (bicyclic) bond motifs is 1. The monoisotopic (exact) mass is 523 g/mol. The van der Waals surface area contributed by atoms with Crippen molar-refractivity contribution in [3.05, 3.63) is 105 Å². The number of carbonyl (C=O) groups is 4. The minimum Gasteiger partial charge on any atom is -0.481 e. The van der Waals surface area contributed by atoms with Gasteiger partial charge in [-0.3, -0.25) is 19.2 Å². The summed E-state index contributed by atoms with van der Waals surface area (Å²) in [6.45, 7) is 0.117. The molecule has 0 saturated carbocycles. The van der Waals surface area contributed by atoms with E-state index in [2.05, 4.69) is 5.32 Å². The van der Waals surface area contributed by atoms with Crippen LogP contribution in [0.1, 0.15) is 37.9 Å². The lowest BCUT2D eigenvalue weighted by Crippen LogP contribution is -2.52. The Labute approximate surface area is 216 Å². The molecule has 2 aliphatic rings. The maximum absolute atomic E-state index is 13.6. The SMILES string of the molecule is O=C(NCc1ccccc1)[C@H]1[C@@H](C(=O)O)C2(O[C@H]1c1ccc(Cl)c(Cl)c1)C(=O)c1ccccc1C2=O. The predicted molar refractivity (Wildman–Crippen MR) is 131 cm³/mol. The number of amides is 1. The number of rotatable bonds is 5. The van der Waals surface area contributed by atoms with E-state index in [1.54, 1.807) is 36.4 Å². The van der Waals surface area contributed by atoms with Crippen LogP contribution in [0, 0.1) is 11.8 Å². The van der Waals surface area contributed by atoms with E-state index in [1.807, 2.05) is 6.07 Å². The molecule has 1 aliphatic heterocycles. The Balaban J connectivity index is 1.62. The molecule has 3 atom stereocenters. The van der Waals surface area contributed by atoms with Crippen molar-refractivity contribution < 1.29 is 29.0 Å². The number of hydrogen-bond donors (Lipinski definition) is 2. The first-order chi connectivity index (χ1) is 17.3. The smallest absolute Gasteiger partial charge is 0.311 e. The summed E-state index contributed by atoms with van der Waals surface area (Å²) in [5, 5.41) is 13.5. The number of carbonyl (C=O) groups excluding carboxylic acids is 3. The van der Waals surface area contributed by atoms with E-state index in [4.69, 9.17) is 27.9 Å². The summed E-state index contributed by atoms with van der Waals surface area (Å²) in [6.07, 6.45) is -1.25. The lowest BCUT2D eigenvalue weighted by molar-refractivity contribution is -0.148. The second-order valence-electron chi connectivity index (χ2n) is 8.70. The highest BCUT2D eigenvalue weighted by molar-refractivity contribution is 6.42. The molecule has 1 heterocycles. The van der Waals surface area contributed by atoms with Crippen LogP contribution in [0.25, 0.3) is 0 Å². The van der Waals surface area contributed by atoms with Crippen LogP contribution in [-0.4, -0.2) is 34.2 Å². The van der Waals surface area contributed by atoms with Gasteiger partial charge in [0.05, 0.1) is 22.1 Å². The molecule has 0 unspecified atom stereocenters. The van der Waals surface area contributed by atoms with Gasteiger partial charge < -0.3 is 15.2 Å². The highest BCUT2D eigenvalue weighted by atomic mass is 35.5. The Kier molecular flexibility index (Phi) is 6.16. The van der Waals surface area contributed by atoms with Gasteiger partial charge in [0.1, 0.15) is 5.92 Å². The number of aliphatic carboxylic acids is 1. The molecule has 182 valence electrons. The summed E-state index contributed by atoms with van der Waals surface area (Å²) < 4.78 is 6.12. The zero-order valence-electron chi connectivity index (χ0n) is 18.6. The van der Waals surface area contributed by atoms with Crippen LogP contribution in [0.4, 0.5) is 0 Å². The Hall–Kier alpha value is -3.52. The van der Waals surface area contributed by atoms with Crippen molar-refractivity contribution >= 4 is 46.6 Å². The third-order valence-corrected chi connectivity index (χ3v) is 7.42. The van der Waals surface area contributed by atoms with Crippen molar-refractivity contribution in [3.63, 3.8) is 0 Å². The van der Waals surface area contributed by atoms with Crippen LogP contribution in [0.3, 0.4) is 0 Å². The zero-order valence-corrected chi connectivity index (χ0v) is 20.1. The third kappa shape index (κ3) is 3.71. The summed E-state index contributed by atoms with van der Waals surface area (Å²) in [6, 6.07) is 19.6.